The van der Waals surface area contributed by atoms with Crippen LogP contribution in [-0.2, 0) is 9.47 Å². The molecular weight excluding hydrogens is 374 g/mol. The number of hydrogen-bond donors (Lipinski definition) is 1. The third-order valence-corrected chi connectivity index (χ3v) is 9.86. The second-order valence-electron chi connectivity index (χ2n) is 11.1. The first-order valence-electron chi connectivity index (χ1n) is 10.9. The molecule has 1 aliphatic carbocycles. The zero-order valence-corrected chi connectivity index (χ0v) is 22.3. The van der Waals surface area contributed by atoms with Crippen LogP contribution < -0.4 is 5.73 Å². The van der Waals surface area contributed by atoms with E-state index in [1.807, 2.05) is 27.7 Å². The minimum Gasteiger partial charge on any atom is -0.378 e. The first-order chi connectivity index (χ1) is 13.2. The zero-order chi connectivity index (χ0) is 24.1. The monoisotopic (exact) mass is 421 g/mol. The summed E-state index contributed by atoms with van der Waals surface area (Å²) in [7, 11) is 3.57. The molecule has 1 aromatic rings. The summed E-state index contributed by atoms with van der Waals surface area (Å²) >= 11 is 0. The van der Waals surface area contributed by atoms with Crippen molar-refractivity contribution >= 4 is 0 Å². The van der Waals surface area contributed by atoms with E-state index in [2.05, 4.69) is 72.3 Å². The molecule has 3 atom stereocenters. The summed E-state index contributed by atoms with van der Waals surface area (Å²) in [5, 5.41) is 0. The molecule has 1 aromatic heterocycles. The summed E-state index contributed by atoms with van der Waals surface area (Å²) in [4.78, 5) is 8.45. The minimum atomic E-state index is -0.410. The molecule has 0 aliphatic heterocycles. The summed E-state index contributed by atoms with van der Waals surface area (Å²) in [6.07, 6.45) is 0. The Kier molecular flexibility index (Phi) is 7.04. The molecule has 1 heterocycles. The highest BCUT2D eigenvalue weighted by atomic mass is 16.5. The molecule has 2 rings (SSSR count). The molecule has 5 heteroatoms. The molecule has 30 heavy (non-hydrogen) atoms. The highest BCUT2D eigenvalue weighted by Gasteiger charge is 2.80. The van der Waals surface area contributed by atoms with Crippen LogP contribution in [0.4, 0.5) is 0 Å². The molecule has 0 bridgehead atoms. The standard InChI is InChI=1S/C17H35NO2.C8H12N2/c1-12(2)15(7,14(5,6)19-10)17(9,20-11)13(3,4)16(12,8)18;1-5-6(2)9-8(4)10-7(5)3/h18H2,1-11H3;1-4H3/t15-,16+,17-;/m0./s1. The molecular formula is C25H47N3O2. The molecule has 0 unspecified atom stereocenters. The molecule has 2 N–H and O–H groups in total. The van der Waals surface area contributed by atoms with Gasteiger partial charge in [0.05, 0.1) is 11.2 Å². The van der Waals surface area contributed by atoms with Crippen LogP contribution in [0, 0.1) is 43.9 Å². The molecule has 0 amide bonds. The van der Waals surface area contributed by atoms with Crippen LogP contribution in [0.1, 0.15) is 85.1 Å². The van der Waals surface area contributed by atoms with Crippen molar-refractivity contribution in [3.63, 3.8) is 0 Å². The predicted octanol–water partition coefficient (Wildman–Crippen LogP) is 5.32. The number of hydrogen-bond acceptors (Lipinski definition) is 5. The Morgan fingerprint density at radius 2 is 1.17 bits per heavy atom. The number of methoxy groups -OCH3 is 2. The lowest BCUT2D eigenvalue weighted by Gasteiger charge is -2.57. The smallest absolute Gasteiger partial charge is 0.125 e. The van der Waals surface area contributed by atoms with Gasteiger partial charge in [-0.2, -0.15) is 0 Å². The summed E-state index contributed by atoms with van der Waals surface area (Å²) in [6, 6.07) is 0. The van der Waals surface area contributed by atoms with E-state index in [-0.39, 0.29) is 21.8 Å². The maximum absolute atomic E-state index is 6.88. The largest absolute Gasteiger partial charge is 0.378 e. The fourth-order valence-corrected chi connectivity index (χ4v) is 5.95. The van der Waals surface area contributed by atoms with Gasteiger partial charge >= 0.3 is 0 Å². The second kappa shape index (κ2) is 7.83. The number of ether oxygens (including phenoxy) is 2. The number of nitrogens with two attached hydrogens (primary N) is 1. The van der Waals surface area contributed by atoms with Gasteiger partial charge in [0.1, 0.15) is 5.82 Å². The highest BCUT2D eigenvalue weighted by molar-refractivity contribution is 5.31. The lowest BCUT2D eigenvalue weighted by Crippen LogP contribution is -2.63. The fraction of sp³-hybridized carbons (Fsp3) is 0.840. The topological polar surface area (TPSA) is 70.3 Å². The van der Waals surface area contributed by atoms with E-state index >= 15 is 0 Å². The number of rotatable bonds is 3. The number of aryl methyl sites for hydroxylation is 3. The van der Waals surface area contributed by atoms with Gasteiger partial charge in [0.25, 0.3) is 0 Å². The van der Waals surface area contributed by atoms with E-state index < -0.39 is 11.1 Å². The van der Waals surface area contributed by atoms with Crippen molar-refractivity contribution in [1.29, 1.82) is 0 Å². The Labute approximate surface area is 185 Å². The van der Waals surface area contributed by atoms with Gasteiger partial charge in [0.15, 0.2) is 0 Å². The van der Waals surface area contributed by atoms with Crippen molar-refractivity contribution in [2.75, 3.05) is 14.2 Å². The molecule has 174 valence electrons. The molecule has 0 saturated heterocycles. The first-order valence-corrected chi connectivity index (χ1v) is 10.9. The van der Waals surface area contributed by atoms with Crippen molar-refractivity contribution in [1.82, 2.24) is 9.97 Å². The average molecular weight is 422 g/mol. The predicted molar refractivity (Wildman–Crippen MR) is 126 cm³/mol. The normalized spacial score (nSPS) is 32.5. The lowest BCUT2D eigenvalue weighted by molar-refractivity contribution is -0.228. The van der Waals surface area contributed by atoms with Gasteiger partial charge < -0.3 is 15.2 Å². The Balaban J connectivity index is 0.000000375. The van der Waals surface area contributed by atoms with Gasteiger partial charge in [0.2, 0.25) is 0 Å². The second-order valence-corrected chi connectivity index (χ2v) is 11.1. The Morgan fingerprint density at radius 3 is 1.50 bits per heavy atom. The van der Waals surface area contributed by atoms with E-state index in [1.54, 1.807) is 14.2 Å². The molecule has 1 saturated carbocycles. The van der Waals surface area contributed by atoms with Gasteiger partial charge in [-0.1, -0.05) is 34.6 Å². The summed E-state index contributed by atoms with van der Waals surface area (Å²) in [6.45, 7) is 27.8. The maximum atomic E-state index is 6.88. The third kappa shape index (κ3) is 3.23. The van der Waals surface area contributed by atoms with Crippen LogP contribution in [0.5, 0.6) is 0 Å². The van der Waals surface area contributed by atoms with Crippen molar-refractivity contribution in [3.05, 3.63) is 22.8 Å². The molecule has 1 fully saturated rings. The SMILES string of the molecule is COC(C)(C)[C@]1(C)C(C)(C)[C@@](C)(N)C(C)(C)[C@]1(C)OC.Cc1nc(C)c(C)c(C)n1. The van der Waals surface area contributed by atoms with Gasteiger partial charge in [-0.05, 0) is 66.4 Å². The van der Waals surface area contributed by atoms with E-state index in [4.69, 9.17) is 15.2 Å². The quantitative estimate of drug-likeness (QED) is 0.715. The number of aromatic nitrogens is 2. The maximum Gasteiger partial charge on any atom is 0.125 e. The minimum absolute atomic E-state index is 0.173. The number of nitrogens with zero attached hydrogens (tertiary/aromatic N) is 2. The molecule has 0 spiro atoms. The highest BCUT2D eigenvalue weighted by Crippen LogP contribution is 2.74. The van der Waals surface area contributed by atoms with Gasteiger partial charge in [0, 0.05) is 42.0 Å². The van der Waals surface area contributed by atoms with Crippen LogP contribution in [0.25, 0.3) is 0 Å². The summed E-state index contributed by atoms with van der Waals surface area (Å²) in [5.41, 5.74) is 8.44. The van der Waals surface area contributed by atoms with Gasteiger partial charge in [-0.15, -0.1) is 0 Å². The summed E-state index contributed by atoms with van der Waals surface area (Å²) < 4.78 is 12.0. The fourth-order valence-electron chi connectivity index (χ4n) is 5.95. The van der Waals surface area contributed by atoms with Crippen LogP contribution >= 0.6 is 0 Å². The first kappa shape index (κ1) is 27.0. The zero-order valence-electron chi connectivity index (χ0n) is 22.3. The van der Waals surface area contributed by atoms with E-state index in [1.165, 1.54) is 5.56 Å². The van der Waals surface area contributed by atoms with Crippen LogP contribution in [0.3, 0.4) is 0 Å². The van der Waals surface area contributed by atoms with E-state index in [0.29, 0.717) is 0 Å². The van der Waals surface area contributed by atoms with Crippen LogP contribution in [0.15, 0.2) is 0 Å². The molecule has 5 nitrogen and oxygen atoms in total. The van der Waals surface area contributed by atoms with Crippen molar-refractivity contribution < 1.29 is 9.47 Å². The molecule has 0 radical (unpaired) electrons. The molecule has 0 aromatic carbocycles. The van der Waals surface area contributed by atoms with Gasteiger partial charge in [-0.25, -0.2) is 9.97 Å². The van der Waals surface area contributed by atoms with Crippen molar-refractivity contribution in [2.45, 2.75) is 107 Å². The average Bonchev–Trinajstić information content (AvgIpc) is 2.69. The van der Waals surface area contributed by atoms with E-state index in [9.17, 15) is 0 Å². The lowest BCUT2D eigenvalue weighted by atomic mass is 9.53. The Bertz CT molecular complexity index is 760. The van der Waals surface area contributed by atoms with Crippen molar-refractivity contribution in [2.24, 2.45) is 22.0 Å². The third-order valence-electron chi connectivity index (χ3n) is 9.86. The van der Waals surface area contributed by atoms with Crippen molar-refractivity contribution in [3.8, 4) is 0 Å². The van der Waals surface area contributed by atoms with Gasteiger partial charge in [-0.3, -0.25) is 0 Å². The van der Waals surface area contributed by atoms with E-state index in [0.717, 1.165) is 17.2 Å². The van der Waals surface area contributed by atoms with Crippen LogP contribution in [0.2, 0.25) is 0 Å². The Hall–Kier alpha value is -1.04. The Morgan fingerprint density at radius 1 is 0.767 bits per heavy atom. The molecule has 1 aliphatic rings. The summed E-state index contributed by atoms with van der Waals surface area (Å²) in [5.74, 6) is 0.862. The van der Waals surface area contributed by atoms with Crippen LogP contribution in [-0.4, -0.2) is 40.9 Å².